The van der Waals surface area contributed by atoms with Gasteiger partial charge in [0.05, 0.1) is 5.41 Å². The Kier molecular flexibility index (Phi) is 6.30. The van der Waals surface area contributed by atoms with E-state index in [1.165, 1.54) is 0 Å². The molecule has 1 aromatic carbocycles. The van der Waals surface area contributed by atoms with Gasteiger partial charge >= 0.3 is 0 Å². The highest BCUT2D eigenvalue weighted by molar-refractivity contribution is 5.87. The first kappa shape index (κ1) is 17.6. The van der Waals surface area contributed by atoms with Crippen molar-refractivity contribution in [2.24, 2.45) is 0 Å². The Hall–Kier alpha value is -1.46. The summed E-state index contributed by atoms with van der Waals surface area (Å²) in [6.45, 7) is 6.30. The van der Waals surface area contributed by atoms with Crippen LogP contribution in [0.3, 0.4) is 0 Å². The van der Waals surface area contributed by atoms with E-state index in [9.17, 15) is 4.79 Å². The maximum absolute atomic E-state index is 12.3. The number of hydrogen-bond donors (Lipinski definition) is 2. The van der Waals surface area contributed by atoms with Gasteiger partial charge in [0, 0.05) is 13.1 Å². The average molecular weight is 315 g/mol. The van der Waals surface area contributed by atoms with Crippen LogP contribution in [0.5, 0.6) is 11.5 Å². The summed E-state index contributed by atoms with van der Waals surface area (Å²) in [6, 6.07) is 5.68. The fourth-order valence-electron chi connectivity index (χ4n) is 2.09. The van der Waals surface area contributed by atoms with Crippen LogP contribution >= 0.6 is 12.4 Å². The van der Waals surface area contributed by atoms with E-state index in [0.717, 1.165) is 17.9 Å². The molecule has 6 heteroatoms. The van der Waals surface area contributed by atoms with E-state index in [1.807, 2.05) is 39.1 Å². The van der Waals surface area contributed by atoms with Crippen molar-refractivity contribution in [1.29, 1.82) is 0 Å². The minimum absolute atomic E-state index is 0. The molecular weight excluding hydrogens is 292 g/mol. The molecule has 0 aromatic heterocycles. The van der Waals surface area contributed by atoms with Crippen molar-refractivity contribution < 1.29 is 14.3 Å². The van der Waals surface area contributed by atoms with E-state index in [4.69, 9.17) is 9.47 Å². The van der Waals surface area contributed by atoms with Crippen LogP contribution in [0.15, 0.2) is 18.2 Å². The molecule has 0 spiro atoms. The fourth-order valence-corrected chi connectivity index (χ4v) is 2.09. The molecule has 1 amide bonds. The van der Waals surface area contributed by atoms with Gasteiger partial charge in [-0.25, -0.2) is 0 Å². The second-order valence-electron chi connectivity index (χ2n) is 5.34. The molecule has 0 bridgehead atoms. The van der Waals surface area contributed by atoms with Gasteiger partial charge in [-0.1, -0.05) is 6.07 Å². The number of amides is 1. The van der Waals surface area contributed by atoms with E-state index >= 15 is 0 Å². The van der Waals surface area contributed by atoms with E-state index in [2.05, 4.69) is 10.6 Å². The highest BCUT2D eigenvalue weighted by Gasteiger charge is 2.30. The smallest absolute Gasteiger partial charge is 0.230 e. The number of rotatable bonds is 5. The molecule has 5 nitrogen and oxygen atoms in total. The predicted molar refractivity (Wildman–Crippen MR) is 84.6 cm³/mol. The molecule has 118 valence electrons. The van der Waals surface area contributed by atoms with Gasteiger partial charge in [0.1, 0.15) is 13.2 Å². The highest BCUT2D eigenvalue weighted by Crippen LogP contribution is 2.35. The first-order valence-corrected chi connectivity index (χ1v) is 6.88. The van der Waals surface area contributed by atoms with E-state index < -0.39 is 5.41 Å². The summed E-state index contributed by atoms with van der Waals surface area (Å²) in [5.74, 6) is 1.46. The molecule has 1 aliphatic heterocycles. The quantitative estimate of drug-likeness (QED) is 0.809. The second kappa shape index (κ2) is 7.52. The maximum atomic E-state index is 12.3. The number of halogens is 1. The third kappa shape index (κ3) is 4.02. The number of nitrogens with one attached hydrogen (secondary N) is 2. The average Bonchev–Trinajstić information content (AvgIpc) is 2.46. The SMILES string of the molecule is CNCCNC(=O)C(C)(C)c1ccc2c(c1)OCCO2.Cl. The third-order valence-electron chi connectivity index (χ3n) is 3.49. The molecule has 2 N–H and O–H groups in total. The van der Waals surface area contributed by atoms with Crippen molar-refractivity contribution in [3.8, 4) is 11.5 Å². The summed E-state index contributed by atoms with van der Waals surface area (Å²) in [4.78, 5) is 12.3. The molecule has 0 saturated carbocycles. The van der Waals surface area contributed by atoms with Crippen LogP contribution in [0.4, 0.5) is 0 Å². The van der Waals surface area contributed by atoms with E-state index in [0.29, 0.717) is 25.5 Å². The summed E-state index contributed by atoms with van der Waals surface area (Å²) in [5, 5.41) is 5.93. The minimum atomic E-state index is -0.608. The fraction of sp³-hybridized carbons (Fsp3) is 0.533. The Balaban J connectivity index is 0.00000220. The van der Waals surface area contributed by atoms with E-state index in [1.54, 1.807) is 0 Å². The van der Waals surface area contributed by atoms with Gasteiger partial charge in [-0.3, -0.25) is 4.79 Å². The molecule has 21 heavy (non-hydrogen) atoms. The van der Waals surface area contributed by atoms with Crippen molar-refractivity contribution in [2.45, 2.75) is 19.3 Å². The summed E-state index contributed by atoms with van der Waals surface area (Å²) < 4.78 is 11.1. The Bertz CT molecular complexity index is 492. The zero-order chi connectivity index (χ0) is 14.6. The normalized spacial score (nSPS) is 13.3. The van der Waals surface area contributed by atoms with Crippen LogP contribution < -0.4 is 20.1 Å². The number of carbonyl (C=O) groups is 1. The molecule has 1 aliphatic rings. The molecule has 0 saturated heterocycles. The number of benzene rings is 1. The molecular formula is C15H23ClN2O3. The van der Waals surface area contributed by atoms with Crippen LogP contribution in [0.2, 0.25) is 0 Å². The summed E-state index contributed by atoms with van der Waals surface area (Å²) in [5.41, 5.74) is 0.313. The largest absolute Gasteiger partial charge is 0.486 e. The molecule has 0 radical (unpaired) electrons. The van der Waals surface area contributed by atoms with Crippen molar-refractivity contribution in [3.05, 3.63) is 23.8 Å². The second-order valence-corrected chi connectivity index (χ2v) is 5.34. The summed E-state index contributed by atoms with van der Waals surface area (Å²) in [7, 11) is 1.86. The zero-order valence-electron chi connectivity index (χ0n) is 12.7. The molecule has 2 rings (SSSR count). The van der Waals surface area contributed by atoms with Crippen LogP contribution in [-0.4, -0.2) is 39.3 Å². The van der Waals surface area contributed by atoms with Crippen LogP contribution in [0.25, 0.3) is 0 Å². The minimum Gasteiger partial charge on any atom is -0.486 e. The van der Waals surface area contributed by atoms with Gasteiger partial charge < -0.3 is 20.1 Å². The standard InChI is InChI=1S/C15H22N2O3.ClH/c1-15(2,14(18)17-7-6-16-3)11-4-5-12-13(10-11)20-9-8-19-12;/h4-5,10,16H,6-9H2,1-3H3,(H,17,18);1H. The zero-order valence-corrected chi connectivity index (χ0v) is 13.5. The number of ether oxygens (including phenoxy) is 2. The van der Waals surface area contributed by atoms with Crippen molar-refractivity contribution in [1.82, 2.24) is 10.6 Å². The number of carbonyl (C=O) groups excluding carboxylic acids is 1. The summed E-state index contributed by atoms with van der Waals surface area (Å²) >= 11 is 0. The molecule has 0 atom stereocenters. The highest BCUT2D eigenvalue weighted by atomic mass is 35.5. The van der Waals surface area contributed by atoms with Crippen molar-refractivity contribution >= 4 is 18.3 Å². The number of hydrogen-bond acceptors (Lipinski definition) is 4. The predicted octanol–water partition coefficient (Wildman–Crippen LogP) is 1.49. The van der Waals surface area contributed by atoms with Gasteiger partial charge in [-0.05, 0) is 38.6 Å². The Labute approximate surface area is 131 Å². The molecule has 0 unspecified atom stereocenters. The van der Waals surface area contributed by atoms with Gasteiger partial charge in [-0.15, -0.1) is 12.4 Å². The lowest BCUT2D eigenvalue weighted by Gasteiger charge is -2.26. The van der Waals surface area contributed by atoms with Crippen molar-refractivity contribution in [2.75, 3.05) is 33.4 Å². The molecule has 0 fully saturated rings. The van der Waals surface area contributed by atoms with Gasteiger partial charge in [0.15, 0.2) is 11.5 Å². The lowest BCUT2D eigenvalue weighted by Crippen LogP contribution is -2.42. The maximum Gasteiger partial charge on any atom is 0.230 e. The number of fused-ring (bicyclic) bond motifs is 1. The molecule has 1 aromatic rings. The van der Waals surface area contributed by atoms with Crippen LogP contribution in [-0.2, 0) is 10.2 Å². The van der Waals surface area contributed by atoms with Crippen molar-refractivity contribution in [3.63, 3.8) is 0 Å². The Morgan fingerprint density at radius 2 is 1.86 bits per heavy atom. The monoisotopic (exact) mass is 314 g/mol. The van der Waals surface area contributed by atoms with Gasteiger partial charge in [0.25, 0.3) is 0 Å². The molecule has 1 heterocycles. The molecule has 0 aliphatic carbocycles. The van der Waals surface area contributed by atoms with Gasteiger partial charge in [-0.2, -0.15) is 0 Å². The van der Waals surface area contributed by atoms with E-state index in [-0.39, 0.29) is 18.3 Å². The lowest BCUT2D eigenvalue weighted by atomic mass is 9.83. The summed E-state index contributed by atoms with van der Waals surface area (Å²) in [6.07, 6.45) is 0. The topological polar surface area (TPSA) is 59.6 Å². The first-order valence-electron chi connectivity index (χ1n) is 6.88. The van der Waals surface area contributed by atoms with Crippen LogP contribution in [0.1, 0.15) is 19.4 Å². The Morgan fingerprint density at radius 1 is 1.19 bits per heavy atom. The third-order valence-corrected chi connectivity index (χ3v) is 3.49. The van der Waals surface area contributed by atoms with Crippen LogP contribution in [0, 0.1) is 0 Å². The lowest BCUT2D eigenvalue weighted by molar-refractivity contribution is -0.125. The number of likely N-dealkylation sites (N-methyl/N-ethyl adjacent to an activating group) is 1. The Morgan fingerprint density at radius 3 is 2.52 bits per heavy atom. The first-order chi connectivity index (χ1) is 9.55. The van der Waals surface area contributed by atoms with Gasteiger partial charge in [0.2, 0.25) is 5.91 Å².